The van der Waals surface area contributed by atoms with Crippen molar-refractivity contribution < 1.29 is 9.63 Å². The zero-order chi connectivity index (χ0) is 18.7. The fourth-order valence-corrected chi connectivity index (χ4v) is 3.58. The van der Waals surface area contributed by atoms with E-state index in [2.05, 4.69) is 44.4 Å². The van der Waals surface area contributed by atoms with Crippen molar-refractivity contribution in [2.45, 2.75) is 31.3 Å². The van der Waals surface area contributed by atoms with Gasteiger partial charge >= 0.3 is 0 Å². The summed E-state index contributed by atoms with van der Waals surface area (Å²) in [6, 6.07) is 11.9. The molecule has 7 nitrogen and oxygen atoms in total. The molecular formula is C20H23N5O2. The van der Waals surface area contributed by atoms with Crippen LogP contribution in [0.1, 0.15) is 31.2 Å². The number of anilines is 1. The molecule has 27 heavy (non-hydrogen) atoms. The van der Waals surface area contributed by atoms with Gasteiger partial charge in [0.2, 0.25) is 5.95 Å². The number of carbonyl (C=O) groups is 1. The van der Waals surface area contributed by atoms with Crippen molar-refractivity contribution in [1.82, 2.24) is 15.3 Å². The summed E-state index contributed by atoms with van der Waals surface area (Å²) in [6.45, 7) is 4.09. The van der Waals surface area contributed by atoms with Gasteiger partial charge in [0.15, 0.2) is 5.60 Å². The molecule has 0 aliphatic carbocycles. The molecule has 1 spiro atoms. The molecule has 1 aromatic carbocycles. The van der Waals surface area contributed by atoms with E-state index < -0.39 is 5.60 Å². The average Bonchev–Trinajstić information content (AvgIpc) is 3.34. The number of nitrogens with zero attached hydrogens (tertiary/aromatic N) is 4. The van der Waals surface area contributed by atoms with Crippen LogP contribution in [0.15, 0.2) is 53.9 Å². The largest absolute Gasteiger partial charge is 0.386 e. The van der Waals surface area contributed by atoms with E-state index in [0.717, 1.165) is 13.0 Å². The first kappa shape index (κ1) is 17.5. The Balaban J connectivity index is 1.31. The van der Waals surface area contributed by atoms with E-state index in [1.807, 2.05) is 18.2 Å². The minimum atomic E-state index is -0.447. The van der Waals surface area contributed by atoms with Crippen LogP contribution in [0.4, 0.5) is 5.95 Å². The van der Waals surface area contributed by atoms with Gasteiger partial charge < -0.3 is 15.1 Å². The third kappa shape index (κ3) is 3.77. The van der Waals surface area contributed by atoms with E-state index >= 15 is 0 Å². The quantitative estimate of drug-likeness (QED) is 0.878. The molecule has 0 radical (unpaired) electrons. The van der Waals surface area contributed by atoms with Crippen LogP contribution in [-0.4, -0.2) is 46.8 Å². The van der Waals surface area contributed by atoms with Crippen LogP contribution in [0.3, 0.4) is 0 Å². The molecule has 0 unspecified atom stereocenters. The second-order valence-corrected chi connectivity index (χ2v) is 7.23. The maximum absolute atomic E-state index is 12.5. The summed E-state index contributed by atoms with van der Waals surface area (Å²) in [4.78, 5) is 28.9. The number of amides is 1. The molecule has 2 aliphatic rings. The highest BCUT2D eigenvalue weighted by Gasteiger charge is 2.47. The van der Waals surface area contributed by atoms with Gasteiger partial charge in [0.25, 0.3) is 5.91 Å². The summed E-state index contributed by atoms with van der Waals surface area (Å²) in [5.74, 6) is 0.779. The summed E-state index contributed by atoms with van der Waals surface area (Å²) in [6.07, 6.45) is 4.77. The molecule has 1 amide bonds. The summed E-state index contributed by atoms with van der Waals surface area (Å²) < 4.78 is 0. The molecule has 140 valence electrons. The third-order valence-electron chi connectivity index (χ3n) is 5.19. The number of benzene rings is 1. The van der Waals surface area contributed by atoms with Crippen molar-refractivity contribution >= 4 is 17.6 Å². The summed E-state index contributed by atoms with van der Waals surface area (Å²) >= 11 is 0. The molecule has 1 fully saturated rings. The highest BCUT2D eigenvalue weighted by molar-refractivity contribution is 6.39. The zero-order valence-corrected chi connectivity index (χ0v) is 15.3. The Morgan fingerprint density at radius 1 is 1.26 bits per heavy atom. The minimum absolute atomic E-state index is 0.149. The van der Waals surface area contributed by atoms with E-state index in [1.165, 1.54) is 5.56 Å². The van der Waals surface area contributed by atoms with Gasteiger partial charge in [-0.25, -0.2) is 9.97 Å². The highest BCUT2D eigenvalue weighted by atomic mass is 16.7. The smallest absolute Gasteiger partial charge is 0.269 e. The molecule has 3 heterocycles. The number of nitrogens with one attached hydrogen (secondary N) is 1. The normalized spacial score (nSPS) is 22.4. The molecule has 1 saturated heterocycles. The summed E-state index contributed by atoms with van der Waals surface area (Å²) in [5, 5.41) is 7.07. The predicted molar refractivity (Wildman–Crippen MR) is 103 cm³/mol. The van der Waals surface area contributed by atoms with Crippen molar-refractivity contribution in [1.29, 1.82) is 0 Å². The van der Waals surface area contributed by atoms with Gasteiger partial charge in [-0.15, -0.1) is 0 Å². The predicted octanol–water partition coefficient (Wildman–Crippen LogP) is 2.12. The van der Waals surface area contributed by atoms with Crippen LogP contribution in [0.5, 0.6) is 0 Å². The summed E-state index contributed by atoms with van der Waals surface area (Å²) in [5.41, 5.74) is 1.22. The Hall–Kier alpha value is -2.96. The van der Waals surface area contributed by atoms with Crippen molar-refractivity contribution in [3.8, 4) is 0 Å². The molecule has 7 heteroatoms. The van der Waals surface area contributed by atoms with Crippen molar-refractivity contribution in [3.63, 3.8) is 0 Å². The highest BCUT2D eigenvalue weighted by Crippen LogP contribution is 2.35. The Bertz CT molecular complexity index is 827. The van der Waals surface area contributed by atoms with Crippen LogP contribution in [-0.2, 0) is 9.63 Å². The molecule has 4 rings (SSSR count). The Kier molecular flexibility index (Phi) is 4.75. The van der Waals surface area contributed by atoms with E-state index in [4.69, 9.17) is 4.84 Å². The number of hydrogen-bond acceptors (Lipinski definition) is 6. The molecule has 1 aromatic heterocycles. The number of rotatable bonds is 5. The lowest BCUT2D eigenvalue weighted by molar-refractivity contribution is -0.115. The van der Waals surface area contributed by atoms with Gasteiger partial charge in [-0.2, -0.15) is 0 Å². The number of carbonyl (C=O) groups excluding carboxylic acids is 1. The van der Waals surface area contributed by atoms with E-state index in [0.29, 0.717) is 31.2 Å². The maximum Gasteiger partial charge on any atom is 0.269 e. The molecular weight excluding hydrogens is 342 g/mol. The zero-order valence-electron chi connectivity index (χ0n) is 15.3. The Morgan fingerprint density at radius 2 is 2.04 bits per heavy atom. The van der Waals surface area contributed by atoms with Crippen LogP contribution in [0, 0.1) is 0 Å². The van der Waals surface area contributed by atoms with Gasteiger partial charge in [0.05, 0.1) is 6.54 Å². The number of hydrogen-bond donors (Lipinski definition) is 1. The molecule has 0 bridgehead atoms. The van der Waals surface area contributed by atoms with Crippen LogP contribution in [0.25, 0.3) is 0 Å². The first-order valence-corrected chi connectivity index (χ1v) is 9.25. The Labute approximate surface area is 158 Å². The molecule has 2 atom stereocenters. The molecule has 1 N–H and O–H groups in total. The lowest BCUT2D eigenvalue weighted by atomic mass is 9.96. The first-order chi connectivity index (χ1) is 13.2. The fourth-order valence-electron chi connectivity index (χ4n) is 3.58. The van der Waals surface area contributed by atoms with Gasteiger partial charge in [0.1, 0.15) is 5.71 Å². The molecule has 0 saturated carbocycles. The van der Waals surface area contributed by atoms with Crippen LogP contribution in [0.2, 0.25) is 0 Å². The average molecular weight is 365 g/mol. The van der Waals surface area contributed by atoms with Crippen LogP contribution < -0.4 is 10.2 Å². The van der Waals surface area contributed by atoms with Gasteiger partial charge in [0, 0.05) is 38.3 Å². The van der Waals surface area contributed by atoms with Crippen molar-refractivity contribution in [2.24, 2.45) is 5.16 Å². The Morgan fingerprint density at radius 3 is 2.81 bits per heavy atom. The maximum atomic E-state index is 12.5. The van der Waals surface area contributed by atoms with Gasteiger partial charge in [-0.05, 0) is 17.5 Å². The second kappa shape index (κ2) is 7.34. The topological polar surface area (TPSA) is 79.7 Å². The van der Waals surface area contributed by atoms with Crippen LogP contribution >= 0.6 is 0 Å². The van der Waals surface area contributed by atoms with E-state index in [-0.39, 0.29) is 11.8 Å². The fraction of sp³-hybridized carbons (Fsp3) is 0.400. The van der Waals surface area contributed by atoms with E-state index in [9.17, 15) is 4.79 Å². The van der Waals surface area contributed by atoms with Crippen molar-refractivity contribution in [3.05, 3.63) is 54.4 Å². The first-order valence-electron chi connectivity index (χ1n) is 9.25. The summed E-state index contributed by atoms with van der Waals surface area (Å²) in [7, 11) is 0. The molecule has 2 aromatic rings. The SMILES string of the molecule is C[C@H](CNC(=O)C1=NO[C@@]2(CCN(c3ncccn3)C2)C1)c1ccccc1. The monoisotopic (exact) mass is 365 g/mol. The minimum Gasteiger partial charge on any atom is -0.386 e. The van der Waals surface area contributed by atoms with Gasteiger partial charge in [-0.1, -0.05) is 42.4 Å². The molecule has 2 aliphatic heterocycles. The number of oxime groups is 1. The lowest BCUT2D eigenvalue weighted by Crippen LogP contribution is -2.38. The standard InChI is InChI=1S/C20H23N5O2/c1-15(16-6-3-2-4-7-16)13-23-18(26)17-12-20(27-24-17)8-11-25(14-20)19-21-9-5-10-22-19/h2-7,9-10,15H,8,11-14H2,1H3,(H,23,26)/t15-,20+/m1/s1. The lowest BCUT2D eigenvalue weighted by Gasteiger charge is -2.21. The van der Waals surface area contributed by atoms with Crippen molar-refractivity contribution in [2.75, 3.05) is 24.5 Å². The van der Waals surface area contributed by atoms with Gasteiger partial charge in [-0.3, -0.25) is 4.79 Å². The van der Waals surface area contributed by atoms with E-state index in [1.54, 1.807) is 18.5 Å². The third-order valence-corrected chi connectivity index (χ3v) is 5.19. The number of aromatic nitrogens is 2. The second-order valence-electron chi connectivity index (χ2n) is 7.23.